The van der Waals surface area contributed by atoms with E-state index in [0.717, 1.165) is 12.0 Å². The molecule has 1 heterocycles. The summed E-state index contributed by atoms with van der Waals surface area (Å²) < 4.78 is 4.78. The van der Waals surface area contributed by atoms with Crippen molar-refractivity contribution in [3.63, 3.8) is 0 Å². The molecule has 1 aliphatic heterocycles. The normalized spacial score (nSPS) is 17.3. The molecule has 1 aliphatic rings. The van der Waals surface area contributed by atoms with Crippen molar-refractivity contribution in [2.24, 2.45) is 5.92 Å². The average molecular weight is 289 g/mol. The summed E-state index contributed by atoms with van der Waals surface area (Å²) in [7, 11) is 1.42. The third kappa shape index (κ3) is 3.63. The zero-order valence-corrected chi connectivity index (χ0v) is 12.7. The lowest BCUT2D eigenvalue weighted by Gasteiger charge is -2.33. The minimum atomic E-state index is -0.155. The molecule has 0 bridgehead atoms. The van der Waals surface area contributed by atoms with E-state index >= 15 is 0 Å². The fourth-order valence-electron chi connectivity index (χ4n) is 2.96. The van der Waals surface area contributed by atoms with E-state index in [1.165, 1.54) is 7.11 Å². The van der Waals surface area contributed by atoms with Crippen molar-refractivity contribution >= 4 is 11.9 Å². The van der Waals surface area contributed by atoms with Crippen molar-refractivity contribution in [1.29, 1.82) is 0 Å². The van der Waals surface area contributed by atoms with Crippen molar-refractivity contribution in [2.45, 2.75) is 32.1 Å². The van der Waals surface area contributed by atoms with Gasteiger partial charge < -0.3 is 9.64 Å². The zero-order chi connectivity index (χ0) is 15.2. The number of hydrogen-bond acceptors (Lipinski definition) is 3. The van der Waals surface area contributed by atoms with Gasteiger partial charge >= 0.3 is 5.97 Å². The van der Waals surface area contributed by atoms with Crippen molar-refractivity contribution in [2.75, 3.05) is 20.2 Å². The van der Waals surface area contributed by atoms with Gasteiger partial charge in [0.15, 0.2) is 0 Å². The van der Waals surface area contributed by atoms with Crippen LogP contribution in [0.2, 0.25) is 0 Å². The van der Waals surface area contributed by atoms with Gasteiger partial charge in [-0.15, -0.1) is 0 Å². The van der Waals surface area contributed by atoms with Gasteiger partial charge in [-0.25, -0.2) is 0 Å². The summed E-state index contributed by atoms with van der Waals surface area (Å²) in [6.45, 7) is 3.32. The Bertz CT molecular complexity index is 478. The molecule has 0 saturated carbocycles. The Morgan fingerprint density at radius 2 is 1.86 bits per heavy atom. The highest BCUT2D eigenvalue weighted by Gasteiger charge is 2.31. The van der Waals surface area contributed by atoms with Crippen LogP contribution in [-0.2, 0) is 14.3 Å². The zero-order valence-electron chi connectivity index (χ0n) is 12.7. The van der Waals surface area contributed by atoms with Gasteiger partial charge in [-0.1, -0.05) is 37.3 Å². The summed E-state index contributed by atoms with van der Waals surface area (Å²) in [6.07, 6.45) is 2.19. The van der Waals surface area contributed by atoms with Gasteiger partial charge in [0.2, 0.25) is 5.91 Å². The molecule has 1 fully saturated rings. The van der Waals surface area contributed by atoms with E-state index in [4.69, 9.17) is 4.74 Å². The number of esters is 1. The van der Waals surface area contributed by atoms with Crippen molar-refractivity contribution in [1.82, 2.24) is 4.90 Å². The van der Waals surface area contributed by atoms with E-state index in [0.29, 0.717) is 25.9 Å². The molecule has 0 unspecified atom stereocenters. The Morgan fingerprint density at radius 1 is 1.24 bits per heavy atom. The SMILES string of the molecule is CC[C@H](C(=O)N1CCC(C(=O)OC)CC1)c1ccccc1. The molecule has 1 amide bonds. The Kier molecular flexibility index (Phi) is 5.37. The lowest BCUT2D eigenvalue weighted by atomic mass is 9.92. The van der Waals surface area contributed by atoms with Crippen LogP contribution in [0.1, 0.15) is 37.7 Å². The molecule has 0 aliphatic carbocycles. The summed E-state index contributed by atoms with van der Waals surface area (Å²) >= 11 is 0. The highest BCUT2D eigenvalue weighted by molar-refractivity contribution is 5.84. The van der Waals surface area contributed by atoms with Gasteiger partial charge in [0.1, 0.15) is 0 Å². The molecule has 4 nitrogen and oxygen atoms in total. The van der Waals surface area contributed by atoms with E-state index < -0.39 is 0 Å². The topological polar surface area (TPSA) is 46.6 Å². The predicted octanol–water partition coefficient (Wildman–Crippen LogP) is 2.59. The van der Waals surface area contributed by atoms with Crippen molar-refractivity contribution in [3.05, 3.63) is 35.9 Å². The maximum Gasteiger partial charge on any atom is 0.308 e. The largest absolute Gasteiger partial charge is 0.469 e. The molecule has 114 valence electrons. The Balaban J connectivity index is 1.99. The molecule has 0 N–H and O–H groups in total. The number of methoxy groups -OCH3 is 1. The number of nitrogens with zero attached hydrogens (tertiary/aromatic N) is 1. The number of amides is 1. The minimum Gasteiger partial charge on any atom is -0.469 e. The second-order valence-corrected chi connectivity index (χ2v) is 5.49. The molecule has 0 aromatic heterocycles. The maximum absolute atomic E-state index is 12.7. The molecular formula is C17H23NO3. The quantitative estimate of drug-likeness (QED) is 0.800. The third-order valence-electron chi connectivity index (χ3n) is 4.25. The molecule has 4 heteroatoms. The molecule has 21 heavy (non-hydrogen) atoms. The van der Waals surface area contributed by atoms with E-state index in [9.17, 15) is 9.59 Å². The van der Waals surface area contributed by atoms with E-state index in [-0.39, 0.29) is 23.7 Å². The molecule has 1 aromatic rings. The number of hydrogen-bond donors (Lipinski definition) is 0. The number of carbonyl (C=O) groups excluding carboxylic acids is 2. The summed E-state index contributed by atoms with van der Waals surface area (Å²) in [5, 5.41) is 0. The molecule has 2 rings (SSSR count). The molecule has 1 saturated heterocycles. The average Bonchev–Trinajstić information content (AvgIpc) is 2.56. The van der Waals surface area contributed by atoms with E-state index in [1.807, 2.05) is 42.2 Å². The Morgan fingerprint density at radius 3 is 2.38 bits per heavy atom. The number of piperidine rings is 1. The summed E-state index contributed by atoms with van der Waals surface area (Å²) in [4.78, 5) is 26.1. The number of benzene rings is 1. The van der Waals surface area contributed by atoms with Crippen molar-refractivity contribution < 1.29 is 14.3 Å². The number of rotatable bonds is 4. The van der Waals surface area contributed by atoms with Gasteiger partial charge in [-0.05, 0) is 24.8 Å². The van der Waals surface area contributed by atoms with Gasteiger partial charge in [0.05, 0.1) is 18.9 Å². The summed E-state index contributed by atoms with van der Waals surface area (Å²) in [6, 6.07) is 9.91. The molecule has 1 atom stereocenters. The highest BCUT2D eigenvalue weighted by Crippen LogP contribution is 2.25. The van der Waals surface area contributed by atoms with Crippen LogP contribution in [0.5, 0.6) is 0 Å². The van der Waals surface area contributed by atoms with Crippen LogP contribution in [0.15, 0.2) is 30.3 Å². The smallest absolute Gasteiger partial charge is 0.308 e. The van der Waals surface area contributed by atoms with Crippen molar-refractivity contribution in [3.8, 4) is 0 Å². The second-order valence-electron chi connectivity index (χ2n) is 5.49. The minimum absolute atomic E-state index is 0.0594. The lowest BCUT2D eigenvalue weighted by Crippen LogP contribution is -2.42. The lowest BCUT2D eigenvalue weighted by molar-refractivity contribution is -0.149. The molecule has 0 radical (unpaired) electrons. The number of likely N-dealkylation sites (tertiary alicyclic amines) is 1. The highest BCUT2D eigenvalue weighted by atomic mass is 16.5. The molecule has 1 aromatic carbocycles. The fraction of sp³-hybridized carbons (Fsp3) is 0.529. The van der Waals surface area contributed by atoms with Crippen LogP contribution in [0.25, 0.3) is 0 Å². The van der Waals surface area contributed by atoms with Crippen LogP contribution < -0.4 is 0 Å². The number of carbonyl (C=O) groups is 2. The first-order valence-electron chi connectivity index (χ1n) is 7.59. The number of ether oxygens (including phenoxy) is 1. The first-order chi connectivity index (χ1) is 10.2. The summed E-state index contributed by atoms with van der Waals surface area (Å²) in [5.41, 5.74) is 1.07. The van der Waals surface area contributed by atoms with Crippen LogP contribution in [0.4, 0.5) is 0 Å². The molecule has 0 spiro atoms. The first kappa shape index (κ1) is 15.5. The molecular weight excluding hydrogens is 266 g/mol. The van der Waals surface area contributed by atoms with Crippen LogP contribution in [-0.4, -0.2) is 37.0 Å². The van der Waals surface area contributed by atoms with Crippen LogP contribution in [0.3, 0.4) is 0 Å². The van der Waals surface area contributed by atoms with Crippen LogP contribution >= 0.6 is 0 Å². The van der Waals surface area contributed by atoms with Crippen LogP contribution in [0, 0.1) is 5.92 Å². The van der Waals surface area contributed by atoms with E-state index in [1.54, 1.807) is 0 Å². The van der Waals surface area contributed by atoms with E-state index in [2.05, 4.69) is 0 Å². The predicted molar refractivity (Wildman–Crippen MR) is 80.8 cm³/mol. The fourth-order valence-corrected chi connectivity index (χ4v) is 2.96. The van der Waals surface area contributed by atoms with Gasteiger partial charge in [0.25, 0.3) is 0 Å². The van der Waals surface area contributed by atoms with Gasteiger partial charge in [0, 0.05) is 13.1 Å². The first-order valence-corrected chi connectivity index (χ1v) is 7.59. The maximum atomic E-state index is 12.7. The summed E-state index contributed by atoms with van der Waals surface area (Å²) in [5.74, 6) is -0.124. The Labute approximate surface area is 126 Å². The van der Waals surface area contributed by atoms with Gasteiger partial charge in [-0.2, -0.15) is 0 Å². The third-order valence-corrected chi connectivity index (χ3v) is 4.25. The second kappa shape index (κ2) is 7.25. The Hall–Kier alpha value is -1.84. The monoisotopic (exact) mass is 289 g/mol. The standard InChI is InChI=1S/C17H23NO3/c1-3-15(13-7-5-4-6-8-13)16(19)18-11-9-14(10-12-18)17(20)21-2/h4-8,14-15H,3,9-12H2,1-2H3/t15-/m0/s1. The van der Waals surface area contributed by atoms with Gasteiger partial charge in [-0.3, -0.25) is 9.59 Å².